The third kappa shape index (κ3) is 2.40. The van der Waals surface area contributed by atoms with Gasteiger partial charge in [-0.3, -0.25) is 6.08 Å². The van der Waals surface area contributed by atoms with Crippen molar-refractivity contribution in [3.05, 3.63) is 47.6 Å². The van der Waals surface area contributed by atoms with Crippen molar-refractivity contribution in [1.29, 1.82) is 0 Å². The fourth-order valence-corrected chi connectivity index (χ4v) is 1.70. The summed E-state index contributed by atoms with van der Waals surface area (Å²) in [6.45, 7) is 2.26. The summed E-state index contributed by atoms with van der Waals surface area (Å²) in [7, 11) is 0. The summed E-state index contributed by atoms with van der Waals surface area (Å²) in [5.41, 5.74) is 2.88. The van der Waals surface area contributed by atoms with Crippen LogP contribution in [0.3, 0.4) is 0 Å². The first-order valence-corrected chi connectivity index (χ1v) is 4.51. The van der Waals surface area contributed by atoms with Crippen LogP contribution in [-0.4, -0.2) is 0 Å². The van der Waals surface area contributed by atoms with Crippen molar-refractivity contribution < 1.29 is 26.2 Å². The zero-order valence-corrected chi connectivity index (χ0v) is 10.3. The van der Waals surface area contributed by atoms with Crippen molar-refractivity contribution in [3.63, 3.8) is 0 Å². The second kappa shape index (κ2) is 4.91. The summed E-state index contributed by atoms with van der Waals surface area (Å²) in [6, 6.07) is 0. The van der Waals surface area contributed by atoms with Gasteiger partial charge in [-0.05, 0) is 12.3 Å². The molecule has 2 aliphatic carbocycles. The SMILES string of the molecule is CC(C1=[C-]CC=C1)C1=CC=CC1.[Zr]. The summed E-state index contributed by atoms with van der Waals surface area (Å²) in [4.78, 5) is 0. The van der Waals surface area contributed by atoms with Gasteiger partial charge in [0.05, 0.1) is 0 Å². The van der Waals surface area contributed by atoms with Crippen LogP contribution in [0.4, 0.5) is 0 Å². The van der Waals surface area contributed by atoms with Crippen molar-refractivity contribution in [3.8, 4) is 0 Å². The van der Waals surface area contributed by atoms with E-state index < -0.39 is 0 Å². The Morgan fingerprint density at radius 3 is 2.77 bits per heavy atom. The number of hydrogen-bond donors (Lipinski definition) is 0. The summed E-state index contributed by atoms with van der Waals surface area (Å²) in [5, 5.41) is 0. The normalized spacial score (nSPS) is 21.0. The van der Waals surface area contributed by atoms with E-state index in [1.54, 1.807) is 0 Å². The molecule has 0 aliphatic heterocycles. The van der Waals surface area contributed by atoms with Crippen LogP contribution in [0.15, 0.2) is 41.5 Å². The number of hydrogen-bond acceptors (Lipinski definition) is 0. The monoisotopic (exact) mass is 247 g/mol. The predicted octanol–water partition coefficient (Wildman–Crippen LogP) is 3.20. The fraction of sp³-hybridized carbons (Fsp3) is 0.333. The maximum Gasteiger partial charge on any atom is 0 e. The van der Waals surface area contributed by atoms with Crippen molar-refractivity contribution in [2.24, 2.45) is 5.92 Å². The number of rotatable bonds is 2. The second-order valence-electron chi connectivity index (χ2n) is 3.33. The Balaban J connectivity index is 0.000000845. The zero-order chi connectivity index (χ0) is 8.39. The quantitative estimate of drug-likeness (QED) is 0.658. The smallest absolute Gasteiger partial charge is 0 e. The van der Waals surface area contributed by atoms with Crippen LogP contribution in [0.2, 0.25) is 0 Å². The summed E-state index contributed by atoms with van der Waals surface area (Å²) < 4.78 is 0. The largest absolute Gasteiger partial charge is 0.269 e. The van der Waals surface area contributed by atoms with Gasteiger partial charge in [0.2, 0.25) is 0 Å². The molecular formula is C12H13Zr-. The van der Waals surface area contributed by atoms with Gasteiger partial charge < -0.3 is 0 Å². The van der Waals surface area contributed by atoms with E-state index >= 15 is 0 Å². The molecule has 0 fully saturated rings. The van der Waals surface area contributed by atoms with Crippen LogP contribution in [-0.2, 0) is 26.2 Å². The molecule has 0 saturated heterocycles. The molecule has 1 atom stereocenters. The number of allylic oxidation sites excluding steroid dienone is 8. The first-order valence-electron chi connectivity index (χ1n) is 4.51. The van der Waals surface area contributed by atoms with E-state index in [4.69, 9.17) is 0 Å². The van der Waals surface area contributed by atoms with Gasteiger partial charge in [-0.2, -0.15) is 6.08 Å². The average Bonchev–Trinajstić information content (AvgIpc) is 2.77. The second-order valence-corrected chi connectivity index (χ2v) is 3.33. The molecule has 1 unspecified atom stereocenters. The molecule has 0 radical (unpaired) electrons. The minimum Gasteiger partial charge on any atom is -0.269 e. The standard InChI is InChI=1S/C12H13.Zr/c1-10(11-6-2-3-7-11)12-8-4-5-9-12;/h2-4,6,8,10H,5,7H2,1H3;/q-1;. The molecule has 0 aromatic rings. The van der Waals surface area contributed by atoms with Crippen LogP contribution < -0.4 is 0 Å². The fourth-order valence-electron chi connectivity index (χ4n) is 1.70. The van der Waals surface area contributed by atoms with Gasteiger partial charge in [0.25, 0.3) is 0 Å². The molecule has 0 nitrogen and oxygen atoms in total. The molecule has 0 spiro atoms. The third-order valence-corrected chi connectivity index (χ3v) is 2.54. The Hall–Kier alpha value is -0.157. The average molecular weight is 248 g/mol. The van der Waals surface area contributed by atoms with Crippen LogP contribution in [0.5, 0.6) is 0 Å². The van der Waals surface area contributed by atoms with Crippen LogP contribution in [0.1, 0.15) is 19.8 Å². The summed E-state index contributed by atoms with van der Waals surface area (Å²) in [6.07, 6.45) is 16.5. The summed E-state index contributed by atoms with van der Waals surface area (Å²) >= 11 is 0. The molecule has 0 amide bonds. The zero-order valence-electron chi connectivity index (χ0n) is 7.88. The molecule has 2 aliphatic rings. The Kier molecular flexibility index (Phi) is 4.12. The molecule has 2 rings (SSSR count). The predicted molar refractivity (Wildman–Crippen MR) is 51.5 cm³/mol. The van der Waals surface area contributed by atoms with Gasteiger partial charge in [-0.1, -0.05) is 30.7 Å². The molecule has 0 aromatic carbocycles. The minimum atomic E-state index is 0. The van der Waals surface area contributed by atoms with E-state index in [2.05, 4.69) is 43.4 Å². The van der Waals surface area contributed by atoms with Gasteiger partial charge in [0, 0.05) is 26.2 Å². The minimum absolute atomic E-state index is 0. The Bertz CT molecular complexity index is 292. The first-order chi connectivity index (χ1) is 5.88. The molecule has 0 aromatic heterocycles. The molecule has 0 saturated carbocycles. The van der Waals surface area contributed by atoms with Crippen LogP contribution in [0.25, 0.3) is 0 Å². The van der Waals surface area contributed by atoms with E-state index in [0.717, 1.165) is 12.8 Å². The van der Waals surface area contributed by atoms with Crippen molar-refractivity contribution in [1.82, 2.24) is 0 Å². The van der Waals surface area contributed by atoms with Gasteiger partial charge >= 0.3 is 0 Å². The van der Waals surface area contributed by atoms with Gasteiger partial charge in [0.1, 0.15) is 0 Å². The maximum absolute atomic E-state index is 3.37. The Morgan fingerprint density at radius 1 is 1.38 bits per heavy atom. The van der Waals surface area contributed by atoms with Crippen LogP contribution >= 0.6 is 0 Å². The van der Waals surface area contributed by atoms with E-state index in [1.807, 2.05) is 0 Å². The van der Waals surface area contributed by atoms with Gasteiger partial charge in [-0.25, -0.2) is 11.6 Å². The van der Waals surface area contributed by atoms with E-state index in [0.29, 0.717) is 5.92 Å². The van der Waals surface area contributed by atoms with E-state index in [9.17, 15) is 0 Å². The third-order valence-electron chi connectivity index (χ3n) is 2.54. The molecule has 66 valence electrons. The van der Waals surface area contributed by atoms with Gasteiger partial charge in [-0.15, -0.1) is 6.42 Å². The Labute approximate surface area is 99.2 Å². The van der Waals surface area contributed by atoms with E-state index in [-0.39, 0.29) is 26.2 Å². The maximum atomic E-state index is 3.37. The van der Waals surface area contributed by atoms with Crippen molar-refractivity contribution in [2.45, 2.75) is 19.8 Å². The molecule has 0 heterocycles. The van der Waals surface area contributed by atoms with Crippen molar-refractivity contribution in [2.75, 3.05) is 0 Å². The van der Waals surface area contributed by atoms with Crippen molar-refractivity contribution >= 4 is 0 Å². The molecular weight excluding hydrogens is 235 g/mol. The Morgan fingerprint density at radius 2 is 2.23 bits per heavy atom. The molecule has 1 heteroatoms. The van der Waals surface area contributed by atoms with E-state index in [1.165, 1.54) is 11.1 Å². The first kappa shape index (κ1) is 10.9. The molecule has 0 N–H and O–H groups in total. The summed E-state index contributed by atoms with van der Waals surface area (Å²) in [5.74, 6) is 0.568. The topological polar surface area (TPSA) is 0 Å². The molecule has 13 heavy (non-hydrogen) atoms. The van der Waals surface area contributed by atoms with Crippen LogP contribution in [0, 0.1) is 12.0 Å². The van der Waals surface area contributed by atoms with Gasteiger partial charge in [0.15, 0.2) is 0 Å². The molecule has 0 bridgehead atoms.